The van der Waals surface area contributed by atoms with Crippen LogP contribution < -0.4 is 5.32 Å². The summed E-state index contributed by atoms with van der Waals surface area (Å²) in [5, 5.41) is 13.1. The number of benzene rings is 1. The second-order valence-electron chi connectivity index (χ2n) is 4.94. The summed E-state index contributed by atoms with van der Waals surface area (Å²) in [6.07, 6.45) is 0.878. The molecule has 1 aromatic carbocycles. The summed E-state index contributed by atoms with van der Waals surface area (Å²) < 4.78 is 26.0. The first kappa shape index (κ1) is 14.1. The zero-order valence-corrected chi connectivity index (χ0v) is 10.5. The van der Waals surface area contributed by atoms with Crippen LogP contribution in [-0.2, 0) is 11.2 Å². The van der Waals surface area contributed by atoms with Gasteiger partial charge in [0.1, 0.15) is 17.4 Å². The van der Waals surface area contributed by atoms with E-state index in [1.165, 1.54) is 12.1 Å². The number of hydrogen-bond acceptors (Lipinski definition) is 3. The minimum Gasteiger partial charge on any atom is -0.391 e. The zero-order chi connectivity index (χ0) is 13.8. The third-order valence-electron chi connectivity index (χ3n) is 3.37. The molecule has 1 heterocycles. The molecule has 0 radical (unpaired) electrons. The Morgan fingerprint density at radius 3 is 2.63 bits per heavy atom. The lowest BCUT2D eigenvalue weighted by Crippen LogP contribution is -2.46. The van der Waals surface area contributed by atoms with Gasteiger partial charge in [0.05, 0.1) is 6.10 Å². The van der Waals surface area contributed by atoms with Crippen LogP contribution in [0, 0.1) is 11.6 Å². The van der Waals surface area contributed by atoms with Gasteiger partial charge < -0.3 is 10.4 Å². The van der Waals surface area contributed by atoms with Gasteiger partial charge in [0.15, 0.2) is 0 Å². The van der Waals surface area contributed by atoms with Crippen LogP contribution in [0.25, 0.3) is 0 Å². The Bertz CT molecular complexity index is 445. The lowest BCUT2D eigenvalue weighted by molar-refractivity contribution is -0.121. The highest BCUT2D eigenvalue weighted by atomic mass is 19.1. The molecule has 1 aliphatic heterocycles. The normalized spacial score (nSPS) is 21.4. The molecule has 2 N–H and O–H groups in total. The van der Waals surface area contributed by atoms with E-state index in [4.69, 9.17) is 0 Å². The molecular formula is C14H17F2NO2. The molecule has 2 rings (SSSR count). The van der Waals surface area contributed by atoms with Crippen molar-refractivity contribution in [3.63, 3.8) is 0 Å². The predicted octanol–water partition coefficient (Wildman–Crippen LogP) is 1.58. The number of nitrogens with one attached hydrogen (secondary N) is 1. The highest BCUT2D eigenvalue weighted by Crippen LogP contribution is 2.15. The fourth-order valence-electron chi connectivity index (χ4n) is 2.36. The topological polar surface area (TPSA) is 49.3 Å². The number of aryl methyl sites for hydroxylation is 1. The molecule has 19 heavy (non-hydrogen) atoms. The van der Waals surface area contributed by atoms with E-state index in [2.05, 4.69) is 5.32 Å². The van der Waals surface area contributed by atoms with Gasteiger partial charge in [-0.2, -0.15) is 0 Å². The van der Waals surface area contributed by atoms with E-state index in [9.17, 15) is 18.7 Å². The maximum absolute atomic E-state index is 13.0. The van der Waals surface area contributed by atoms with E-state index >= 15 is 0 Å². The minimum atomic E-state index is -0.685. The van der Waals surface area contributed by atoms with Crippen molar-refractivity contribution in [2.75, 3.05) is 6.54 Å². The van der Waals surface area contributed by atoms with Crippen LogP contribution in [-0.4, -0.2) is 29.6 Å². The molecule has 3 nitrogen and oxygen atoms in total. The first-order valence-electron chi connectivity index (χ1n) is 6.43. The number of halogens is 2. The van der Waals surface area contributed by atoms with Gasteiger partial charge in [-0.05, 0) is 30.5 Å². The summed E-state index contributed by atoms with van der Waals surface area (Å²) >= 11 is 0. The van der Waals surface area contributed by atoms with E-state index in [1.54, 1.807) is 0 Å². The third kappa shape index (κ3) is 4.08. The number of hydrogen-bond donors (Lipinski definition) is 2. The van der Waals surface area contributed by atoms with Crippen molar-refractivity contribution in [3.8, 4) is 0 Å². The van der Waals surface area contributed by atoms with Crippen molar-refractivity contribution in [1.29, 1.82) is 0 Å². The molecule has 0 spiro atoms. The Morgan fingerprint density at radius 2 is 2.00 bits per heavy atom. The van der Waals surface area contributed by atoms with Crippen molar-refractivity contribution in [2.24, 2.45) is 0 Å². The standard InChI is InChI=1S/C14H17F2NO2/c15-10-5-9(6-11(16)7-10)1-2-14(19)13-8-12(18)3-4-17-13/h5-7,13-14,17,19H,1-4,8H2. The molecule has 0 amide bonds. The summed E-state index contributed by atoms with van der Waals surface area (Å²) in [4.78, 5) is 11.3. The molecule has 0 aromatic heterocycles. The van der Waals surface area contributed by atoms with E-state index in [0.717, 1.165) is 6.07 Å². The second-order valence-corrected chi connectivity index (χ2v) is 4.94. The van der Waals surface area contributed by atoms with Gasteiger partial charge in [0, 0.05) is 31.5 Å². The van der Waals surface area contributed by atoms with Crippen LogP contribution in [0.1, 0.15) is 24.8 Å². The number of Topliss-reactive ketones (excluding diaryl/α,β-unsaturated/α-hetero) is 1. The van der Waals surface area contributed by atoms with Gasteiger partial charge in [0.2, 0.25) is 0 Å². The fraction of sp³-hybridized carbons (Fsp3) is 0.500. The van der Waals surface area contributed by atoms with Crippen LogP contribution in [0.3, 0.4) is 0 Å². The summed E-state index contributed by atoms with van der Waals surface area (Å²) in [6.45, 7) is 0.579. The zero-order valence-electron chi connectivity index (χ0n) is 10.5. The Balaban J connectivity index is 1.88. The van der Waals surface area contributed by atoms with Crippen LogP contribution in [0.5, 0.6) is 0 Å². The van der Waals surface area contributed by atoms with E-state index in [0.29, 0.717) is 37.8 Å². The predicted molar refractivity (Wildman–Crippen MR) is 66.7 cm³/mol. The summed E-state index contributed by atoms with van der Waals surface area (Å²) in [5.41, 5.74) is 0.513. The molecule has 1 saturated heterocycles. The number of carbonyl (C=O) groups excluding carboxylic acids is 1. The fourth-order valence-corrected chi connectivity index (χ4v) is 2.36. The lowest BCUT2D eigenvalue weighted by Gasteiger charge is -2.27. The van der Waals surface area contributed by atoms with Crippen LogP contribution in [0.2, 0.25) is 0 Å². The average molecular weight is 269 g/mol. The Labute approximate surface area is 110 Å². The van der Waals surface area contributed by atoms with Crippen LogP contribution in [0.4, 0.5) is 8.78 Å². The molecule has 0 bridgehead atoms. The molecule has 2 atom stereocenters. The molecule has 0 aliphatic carbocycles. The van der Waals surface area contributed by atoms with E-state index in [-0.39, 0.29) is 11.8 Å². The largest absolute Gasteiger partial charge is 0.391 e. The molecule has 1 fully saturated rings. The molecule has 2 unspecified atom stereocenters. The Morgan fingerprint density at radius 1 is 1.32 bits per heavy atom. The summed E-state index contributed by atoms with van der Waals surface area (Å²) in [7, 11) is 0. The lowest BCUT2D eigenvalue weighted by atomic mass is 9.95. The Kier molecular flexibility index (Phi) is 4.61. The monoisotopic (exact) mass is 269 g/mol. The smallest absolute Gasteiger partial charge is 0.135 e. The molecule has 1 aliphatic rings. The van der Waals surface area contributed by atoms with Gasteiger partial charge in [-0.1, -0.05) is 0 Å². The van der Waals surface area contributed by atoms with Crippen molar-refractivity contribution in [3.05, 3.63) is 35.4 Å². The molecular weight excluding hydrogens is 252 g/mol. The summed E-state index contributed by atoms with van der Waals surface area (Å²) in [6, 6.07) is 3.09. The molecule has 0 saturated carbocycles. The second kappa shape index (κ2) is 6.21. The van der Waals surface area contributed by atoms with Crippen molar-refractivity contribution < 1.29 is 18.7 Å². The van der Waals surface area contributed by atoms with Crippen molar-refractivity contribution in [1.82, 2.24) is 5.32 Å². The van der Waals surface area contributed by atoms with Crippen molar-refractivity contribution >= 4 is 5.78 Å². The highest BCUT2D eigenvalue weighted by Gasteiger charge is 2.25. The molecule has 5 heteroatoms. The number of aliphatic hydroxyl groups excluding tert-OH is 1. The van der Waals surface area contributed by atoms with Gasteiger partial charge in [0.25, 0.3) is 0 Å². The van der Waals surface area contributed by atoms with Crippen LogP contribution in [0.15, 0.2) is 18.2 Å². The SMILES string of the molecule is O=C1CCNC(C(O)CCc2cc(F)cc(F)c2)C1. The average Bonchev–Trinajstić information content (AvgIpc) is 2.35. The number of ketones is 1. The summed E-state index contributed by atoms with van der Waals surface area (Å²) in [5.74, 6) is -1.09. The van der Waals surface area contributed by atoms with Gasteiger partial charge in [-0.3, -0.25) is 4.79 Å². The minimum absolute atomic E-state index is 0.139. The van der Waals surface area contributed by atoms with Crippen LogP contribution >= 0.6 is 0 Å². The van der Waals surface area contributed by atoms with E-state index < -0.39 is 17.7 Å². The van der Waals surface area contributed by atoms with Gasteiger partial charge >= 0.3 is 0 Å². The first-order chi connectivity index (χ1) is 9.04. The molecule has 1 aromatic rings. The van der Waals surface area contributed by atoms with Gasteiger partial charge in [-0.15, -0.1) is 0 Å². The maximum Gasteiger partial charge on any atom is 0.135 e. The first-order valence-corrected chi connectivity index (χ1v) is 6.43. The maximum atomic E-state index is 13.0. The highest BCUT2D eigenvalue weighted by molar-refractivity contribution is 5.80. The van der Waals surface area contributed by atoms with E-state index in [1.807, 2.05) is 0 Å². The number of aliphatic hydroxyl groups is 1. The number of rotatable bonds is 4. The van der Waals surface area contributed by atoms with Gasteiger partial charge in [-0.25, -0.2) is 8.78 Å². The quantitative estimate of drug-likeness (QED) is 0.872. The van der Waals surface area contributed by atoms with Crippen molar-refractivity contribution in [2.45, 2.75) is 37.8 Å². The number of piperidine rings is 1. The third-order valence-corrected chi connectivity index (χ3v) is 3.37. The Hall–Kier alpha value is -1.33. The molecule has 104 valence electrons. The number of carbonyl (C=O) groups is 1.